The normalized spacial score (nSPS) is 10.8. The minimum absolute atomic E-state index is 0.173. The zero-order valence-electron chi connectivity index (χ0n) is 21.2. The van der Waals surface area contributed by atoms with Crippen molar-refractivity contribution in [2.24, 2.45) is 0 Å². The lowest BCUT2D eigenvalue weighted by Crippen LogP contribution is -2.10. The largest absolute Gasteiger partial charge is 0.306 e. The molecule has 0 fully saturated rings. The molecule has 0 spiro atoms. The molecule has 0 radical (unpaired) electrons. The van der Waals surface area contributed by atoms with Crippen molar-refractivity contribution in [2.75, 3.05) is 0 Å². The molecular formula is C30H19BrN8O2. The fourth-order valence-corrected chi connectivity index (χ4v) is 4.85. The lowest BCUT2D eigenvalue weighted by molar-refractivity contribution is 1.12. The number of aromatic amines is 2. The molecule has 0 bridgehead atoms. The quantitative estimate of drug-likeness (QED) is 0.281. The molecule has 0 saturated heterocycles. The predicted octanol–water partition coefficient (Wildman–Crippen LogP) is 5.19. The van der Waals surface area contributed by atoms with Gasteiger partial charge < -0.3 is 9.97 Å². The standard InChI is InChI=1S/C18H12N4O.C12H7BrN4O/c23-18-16-14(12-5-2-1-3-6-12)7-4-8-15(16)21-17(22-18)13-9-19-11-20-10-13;13-8-2-1-3-9-10(8)12(18)17-11(16-9)7-4-14-6-15-5-7/h1-11H,(H,21,22,23);1-6H,(H,16,17,18). The van der Waals surface area contributed by atoms with Crippen molar-refractivity contribution >= 4 is 37.7 Å². The number of nitrogens with one attached hydrogen (secondary N) is 2. The molecule has 10 nitrogen and oxygen atoms in total. The van der Waals surface area contributed by atoms with Gasteiger partial charge in [0.15, 0.2) is 0 Å². The number of aromatic nitrogens is 8. The lowest BCUT2D eigenvalue weighted by Gasteiger charge is -2.07. The first-order chi connectivity index (χ1) is 20.1. The summed E-state index contributed by atoms with van der Waals surface area (Å²) < 4.78 is 0.726. The fourth-order valence-electron chi connectivity index (χ4n) is 4.31. The fraction of sp³-hybridized carbons (Fsp3) is 0. The van der Waals surface area contributed by atoms with Crippen LogP contribution in [0.3, 0.4) is 0 Å². The van der Waals surface area contributed by atoms with Crippen LogP contribution in [0.25, 0.3) is 55.7 Å². The van der Waals surface area contributed by atoms with Crippen molar-refractivity contribution in [2.45, 2.75) is 0 Å². The van der Waals surface area contributed by atoms with Gasteiger partial charge >= 0.3 is 0 Å². The van der Waals surface area contributed by atoms with E-state index in [1.54, 1.807) is 30.9 Å². The van der Waals surface area contributed by atoms with Crippen LogP contribution < -0.4 is 11.1 Å². The summed E-state index contributed by atoms with van der Waals surface area (Å²) in [7, 11) is 0. The third-order valence-electron chi connectivity index (χ3n) is 6.17. The molecule has 3 aromatic carbocycles. The maximum Gasteiger partial charge on any atom is 0.260 e. The summed E-state index contributed by atoms with van der Waals surface area (Å²) in [6.45, 7) is 0. The summed E-state index contributed by atoms with van der Waals surface area (Å²) in [6, 6.07) is 20.9. The highest BCUT2D eigenvalue weighted by Gasteiger charge is 2.11. The molecule has 198 valence electrons. The van der Waals surface area contributed by atoms with E-state index in [9.17, 15) is 9.59 Å². The van der Waals surface area contributed by atoms with Crippen molar-refractivity contribution in [3.05, 3.63) is 129 Å². The SMILES string of the molecule is O=c1[nH]c(-c2cncnc2)nc2cccc(-c3ccccc3)c12.O=c1[nH]c(-c2cncnc2)nc2cccc(Br)c12. The molecule has 7 aromatic rings. The Morgan fingerprint density at radius 2 is 1.05 bits per heavy atom. The Hall–Kier alpha value is -5.42. The monoisotopic (exact) mass is 602 g/mol. The third kappa shape index (κ3) is 5.38. The molecule has 0 amide bonds. The Balaban J connectivity index is 0.000000152. The predicted molar refractivity (Wildman–Crippen MR) is 160 cm³/mol. The molecule has 0 aliphatic heterocycles. The van der Waals surface area contributed by atoms with Gasteiger partial charge in [0.2, 0.25) is 0 Å². The highest BCUT2D eigenvalue weighted by molar-refractivity contribution is 9.10. The van der Waals surface area contributed by atoms with Crippen LogP contribution in [-0.2, 0) is 0 Å². The summed E-state index contributed by atoms with van der Waals surface area (Å²) in [6.07, 6.45) is 9.33. The van der Waals surface area contributed by atoms with Gasteiger partial charge in [-0.2, -0.15) is 0 Å². The zero-order chi connectivity index (χ0) is 28.2. The first-order valence-electron chi connectivity index (χ1n) is 12.4. The van der Waals surface area contributed by atoms with E-state index in [0.717, 1.165) is 15.6 Å². The van der Waals surface area contributed by atoms with Crippen molar-refractivity contribution in [3.8, 4) is 33.9 Å². The third-order valence-corrected chi connectivity index (χ3v) is 6.83. The summed E-state index contributed by atoms with van der Waals surface area (Å²) in [5.74, 6) is 0.930. The molecule has 0 saturated carbocycles. The topological polar surface area (TPSA) is 143 Å². The molecular weight excluding hydrogens is 584 g/mol. The highest BCUT2D eigenvalue weighted by Crippen LogP contribution is 2.26. The summed E-state index contributed by atoms with van der Waals surface area (Å²) in [4.78, 5) is 54.9. The van der Waals surface area contributed by atoms with Crippen LogP contribution in [0.5, 0.6) is 0 Å². The number of nitrogens with zero attached hydrogens (tertiary/aromatic N) is 6. The second-order valence-electron chi connectivity index (χ2n) is 8.78. The van der Waals surface area contributed by atoms with Crippen LogP contribution in [0.15, 0.2) is 118 Å². The van der Waals surface area contributed by atoms with Gasteiger partial charge in [-0.15, -0.1) is 0 Å². The molecule has 0 aliphatic rings. The maximum absolute atomic E-state index is 12.6. The number of halogens is 1. The molecule has 11 heteroatoms. The van der Waals surface area contributed by atoms with Crippen LogP contribution in [-0.4, -0.2) is 39.9 Å². The van der Waals surface area contributed by atoms with E-state index < -0.39 is 0 Å². The summed E-state index contributed by atoms with van der Waals surface area (Å²) in [5.41, 5.74) is 4.13. The maximum atomic E-state index is 12.6. The molecule has 4 aromatic heterocycles. The average Bonchev–Trinajstić information content (AvgIpc) is 3.02. The van der Waals surface area contributed by atoms with Crippen LogP contribution in [0, 0.1) is 0 Å². The number of H-pyrrole nitrogens is 2. The van der Waals surface area contributed by atoms with Crippen molar-refractivity contribution in [1.82, 2.24) is 39.9 Å². The van der Waals surface area contributed by atoms with Crippen molar-refractivity contribution in [1.29, 1.82) is 0 Å². The van der Waals surface area contributed by atoms with Gasteiger partial charge in [0.25, 0.3) is 11.1 Å². The Bertz CT molecular complexity index is 2100. The van der Waals surface area contributed by atoms with Crippen LogP contribution in [0.1, 0.15) is 0 Å². The number of rotatable bonds is 3. The smallest absolute Gasteiger partial charge is 0.260 e. The van der Waals surface area contributed by atoms with Gasteiger partial charge in [-0.25, -0.2) is 29.9 Å². The van der Waals surface area contributed by atoms with E-state index in [1.165, 1.54) is 12.7 Å². The Kier molecular flexibility index (Phi) is 7.16. The first kappa shape index (κ1) is 25.8. The number of fused-ring (bicyclic) bond motifs is 2. The minimum Gasteiger partial charge on any atom is -0.306 e. The zero-order valence-corrected chi connectivity index (χ0v) is 22.8. The first-order valence-corrected chi connectivity index (χ1v) is 13.2. The Morgan fingerprint density at radius 3 is 1.63 bits per heavy atom. The second kappa shape index (κ2) is 11.4. The number of hydrogen-bond donors (Lipinski definition) is 2. The average molecular weight is 603 g/mol. The van der Waals surface area contributed by atoms with E-state index in [0.29, 0.717) is 44.6 Å². The van der Waals surface area contributed by atoms with Gasteiger partial charge in [0.1, 0.15) is 24.3 Å². The molecule has 0 unspecified atom stereocenters. The number of benzene rings is 3. The van der Waals surface area contributed by atoms with E-state index in [-0.39, 0.29) is 11.1 Å². The molecule has 7 rings (SSSR count). The van der Waals surface area contributed by atoms with Crippen molar-refractivity contribution in [3.63, 3.8) is 0 Å². The summed E-state index contributed by atoms with van der Waals surface area (Å²) >= 11 is 3.34. The summed E-state index contributed by atoms with van der Waals surface area (Å²) in [5, 5.41) is 1.12. The van der Waals surface area contributed by atoms with Crippen LogP contribution >= 0.6 is 15.9 Å². The van der Waals surface area contributed by atoms with Crippen LogP contribution in [0.2, 0.25) is 0 Å². The van der Waals surface area contributed by atoms with Gasteiger partial charge in [-0.3, -0.25) is 9.59 Å². The lowest BCUT2D eigenvalue weighted by atomic mass is 10.0. The Labute approximate surface area is 240 Å². The molecule has 2 N–H and O–H groups in total. The van der Waals surface area contributed by atoms with Crippen LogP contribution in [0.4, 0.5) is 0 Å². The van der Waals surface area contributed by atoms with E-state index in [2.05, 4.69) is 55.8 Å². The van der Waals surface area contributed by atoms with Gasteiger partial charge in [-0.05, 0) is 45.3 Å². The molecule has 41 heavy (non-hydrogen) atoms. The van der Waals surface area contributed by atoms with Gasteiger partial charge in [0, 0.05) is 29.3 Å². The number of hydrogen-bond acceptors (Lipinski definition) is 8. The molecule has 0 aliphatic carbocycles. The van der Waals surface area contributed by atoms with Gasteiger partial charge in [-0.1, -0.05) is 48.5 Å². The van der Waals surface area contributed by atoms with Gasteiger partial charge in [0.05, 0.1) is 32.9 Å². The Morgan fingerprint density at radius 1 is 0.537 bits per heavy atom. The minimum atomic E-state index is -0.189. The second-order valence-corrected chi connectivity index (χ2v) is 9.64. The van der Waals surface area contributed by atoms with E-state index in [4.69, 9.17) is 0 Å². The van der Waals surface area contributed by atoms with E-state index >= 15 is 0 Å². The van der Waals surface area contributed by atoms with Crippen molar-refractivity contribution < 1.29 is 0 Å². The van der Waals surface area contributed by atoms with E-state index in [1.807, 2.05) is 60.7 Å². The highest BCUT2D eigenvalue weighted by atomic mass is 79.9. The molecule has 4 heterocycles. The molecule has 0 atom stereocenters.